The number of ether oxygens (including phenoxy) is 2. The molecule has 324 valence electrons. The van der Waals surface area contributed by atoms with E-state index in [-0.39, 0.29) is 0 Å². The van der Waals surface area contributed by atoms with Crippen molar-refractivity contribution in [3.8, 4) is 76.9 Å². The molecule has 0 N–H and O–H groups in total. The Kier molecular flexibility index (Phi) is 17.5. The molecular formula is C56H54BFO4S2. The van der Waals surface area contributed by atoms with E-state index >= 15 is 0 Å². The fourth-order valence-electron chi connectivity index (χ4n) is 7.55. The van der Waals surface area contributed by atoms with Crippen LogP contribution in [0.4, 0.5) is 4.32 Å². The summed E-state index contributed by atoms with van der Waals surface area (Å²) in [6.45, 7) is 8.76. The van der Waals surface area contributed by atoms with E-state index in [0.29, 0.717) is 0 Å². The summed E-state index contributed by atoms with van der Waals surface area (Å²) in [7, 11) is 0.322. The van der Waals surface area contributed by atoms with Crippen LogP contribution >= 0.6 is 22.7 Å². The standard InChI is InChI=1S/2C28H27OS.BFO2/c2*1-4-20-9-13-22(14-10-20)25-18-24(29-3)19-26(23-15-11-21(5-2)12-16-23)28(25)27-8-6-7-17-30-27;2-1(3)4/h2*6-19H,4-5H2,1-3H3;/q2*+1;-2. The summed E-state index contributed by atoms with van der Waals surface area (Å²) in [5.41, 5.74) is 17.6. The predicted molar refractivity (Wildman–Crippen MR) is 268 cm³/mol. The molecule has 0 spiro atoms. The van der Waals surface area contributed by atoms with Gasteiger partial charge in [0.2, 0.25) is 32.4 Å². The molecule has 0 saturated heterocycles. The van der Waals surface area contributed by atoms with E-state index in [0.717, 1.165) is 37.2 Å². The van der Waals surface area contributed by atoms with Crippen molar-refractivity contribution >= 4 is 30.1 Å². The molecule has 0 aliphatic heterocycles. The first-order chi connectivity index (χ1) is 31.2. The topological polar surface area (TPSA) is 64.6 Å². The van der Waals surface area contributed by atoms with Gasteiger partial charge in [-0.05, 0) is 129 Å². The van der Waals surface area contributed by atoms with Crippen molar-refractivity contribution in [2.24, 2.45) is 0 Å². The molecule has 0 saturated carbocycles. The van der Waals surface area contributed by atoms with E-state index in [1.807, 2.05) is 0 Å². The SMILES string of the molecule is CCc1ccc(-c2cc(OC)cc(-c3ccc(CC)cc3)c2-c2cccc[s+]2)cc1.CCc1ccc(-c2cc(OC)cc(-c3ccc(CC)cc3)c2-c2cccc[s+]2)cc1.[O-]B([O-])F. The van der Waals surface area contributed by atoms with Crippen LogP contribution in [0, 0.1) is 0 Å². The molecule has 8 heteroatoms. The first-order valence-electron chi connectivity index (χ1n) is 21.7. The van der Waals surface area contributed by atoms with Gasteiger partial charge in [0.05, 0.1) is 25.3 Å². The molecule has 8 aromatic rings. The number of rotatable bonds is 12. The third-order valence-electron chi connectivity index (χ3n) is 11.1. The third kappa shape index (κ3) is 12.2. The van der Waals surface area contributed by atoms with Crippen LogP contribution in [0.2, 0.25) is 0 Å². The first-order valence-corrected chi connectivity index (χ1v) is 23.5. The van der Waals surface area contributed by atoms with Gasteiger partial charge in [0, 0.05) is 12.1 Å². The van der Waals surface area contributed by atoms with Crippen LogP contribution in [0.5, 0.6) is 11.5 Å². The normalized spacial score (nSPS) is 10.5. The molecule has 0 bridgehead atoms. The predicted octanol–water partition coefficient (Wildman–Crippen LogP) is 14.0. The Morgan fingerprint density at radius 1 is 0.422 bits per heavy atom. The van der Waals surface area contributed by atoms with Crippen LogP contribution in [-0.2, 0) is 25.7 Å². The molecule has 0 aliphatic rings. The summed E-state index contributed by atoms with van der Waals surface area (Å²) >= 11 is 3.54. The lowest BCUT2D eigenvalue weighted by Crippen LogP contribution is -2.39. The zero-order valence-electron chi connectivity index (χ0n) is 37.4. The maximum absolute atomic E-state index is 9.89. The first kappa shape index (κ1) is 47.5. The van der Waals surface area contributed by atoms with Crippen molar-refractivity contribution < 1.29 is 23.8 Å². The van der Waals surface area contributed by atoms with Gasteiger partial charge in [-0.15, -0.1) is 0 Å². The van der Waals surface area contributed by atoms with Gasteiger partial charge < -0.3 is 23.8 Å². The van der Waals surface area contributed by atoms with Gasteiger partial charge in [-0.25, -0.2) is 0 Å². The van der Waals surface area contributed by atoms with Gasteiger partial charge in [-0.1, -0.05) is 137 Å². The lowest BCUT2D eigenvalue weighted by molar-refractivity contribution is -0.366. The van der Waals surface area contributed by atoms with Crippen LogP contribution in [-0.4, -0.2) is 21.6 Å². The minimum Gasteiger partial charge on any atom is -0.867 e. The van der Waals surface area contributed by atoms with Crippen molar-refractivity contribution in [1.82, 2.24) is 0 Å². The number of halogens is 1. The van der Waals surface area contributed by atoms with Crippen LogP contribution in [0.15, 0.2) is 168 Å². The van der Waals surface area contributed by atoms with Crippen molar-refractivity contribution in [3.05, 3.63) is 191 Å². The Bertz CT molecular complexity index is 2350. The van der Waals surface area contributed by atoms with Crippen LogP contribution in [0.3, 0.4) is 0 Å². The zero-order chi connectivity index (χ0) is 45.4. The Morgan fingerprint density at radius 3 is 0.859 bits per heavy atom. The van der Waals surface area contributed by atoms with Gasteiger partial charge in [0.25, 0.3) is 0 Å². The molecule has 0 radical (unpaired) electrons. The Morgan fingerprint density at radius 2 is 0.672 bits per heavy atom. The number of benzene rings is 6. The molecule has 0 amide bonds. The monoisotopic (exact) mass is 884 g/mol. The number of methoxy groups -OCH3 is 2. The van der Waals surface area contributed by atoms with Gasteiger partial charge in [-0.2, -0.15) is 0 Å². The zero-order valence-corrected chi connectivity index (χ0v) is 39.0. The summed E-state index contributed by atoms with van der Waals surface area (Å²) < 4.78 is 21.3. The molecule has 0 atom stereocenters. The fourth-order valence-corrected chi connectivity index (χ4v) is 9.18. The second-order valence-corrected chi connectivity index (χ2v) is 16.9. The van der Waals surface area contributed by atoms with Gasteiger partial charge in [0.15, 0.2) is 10.8 Å². The molecular weight excluding hydrogens is 831 g/mol. The second kappa shape index (κ2) is 23.6. The maximum atomic E-state index is 9.89. The maximum Gasteiger partial charge on any atom is 0.239 e. The highest BCUT2D eigenvalue weighted by Gasteiger charge is 2.24. The average molecular weight is 885 g/mol. The molecule has 0 unspecified atom stereocenters. The van der Waals surface area contributed by atoms with Crippen LogP contribution in [0.1, 0.15) is 49.9 Å². The lowest BCUT2D eigenvalue weighted by atomic mass is 9.89. The third-order valence-corrected chi connectivity index (χ3v) is 12.9. The van der Waals surface area contributed by atoms with Crippen LogP contribution in [0.25, 0.3) is 65.4 Å². The van der Waals surface area contributed by atoms with Gasteiger partial charge in [0.1, 0.15) is 18.9 Å². The van der Waals surface area contributed by atoms with Crippen molar-refractivity contribution in [3.63, 3.8) is 0 Å². The summed E-state index contributed by atoms with van der Waals surface area (Å²) in [5, 5.41) is 20.9. The minimum atomic E-state index is -3.17. The highest BCUT2D eigenvalue weighted by atomic mass is 32.1. The molecule has 0 fully saturated rings. The van der Waals surface area contributed by atoms with Crippen molar-refractivity contribution in [2.45, 2.75) is 53.4 Å². The molecule has 4 nitrogen and oxygen atoms in total. The van der Waals surface area contributed by atoms with Gasteiger partial charge >= 0.3 is 0 Å². The summed E-state index contributed by atoms with van der Waals surface area (Å²) in [4.78, 5) is 2.51. The molecule has 2 aromatic heterocycles. The molecule has 64 heavy (non-hydrogen) atoms. The molecule has 6 aromatic carbocycles. The molecule has 8 rings (SSSR count). The van der Waals surface area contributed by atoms with E-state index in [1.165, 1.54) is 87.6 Å². The highest BCUT2D eigenvalue weighted by molar-refractivity contribution is 7.13. The van der Waals surface area contributed by atoms with Gasteiger partial charge in [-0.3, -0.25) is 0 Å². The molecule has 0 aliphatic carbocycles. The lowest BCUT2D eigenvalue weighted by Gasteiger charge is -2.15. The van der Waals surface area contributed by atoms with Crippen molar-refractivity contribution in [1.29, 1.82) is 0 Å². The Hall–Kier alpha value is -6.03. The number of hydrogen-bond donors (Lipinski definition) is 0. The van der Waals surface area contributed by atoms with Crippen LogP contribution < -0.4 is 19.5 Å². The Balaban J connectivity index is 0.000000196. The number of aryl methyl sites for hydroxylation is 4. The summed E-state index contributed by atoms with van der Waals surface area (Å²) in [5.74, 6) is 1.76. The smallest absolute Gasteiger partial charge is 0.239 e. The van der Waals surface area contributed by atoms with E-state index in [2.05, 4.69) is 196 Å². The van der Waals surface area contributed by atoms with E-state index in [4.69, 9.17) is 19.5 Å². The van der Waals surface area contributed by atoms with E-state index in [1.54, 1.807) is 36.9 Å². The molecule has 2 heterocycles. The quantitative estimate of drug-likeness (QED) is 0.0906. The highest BCUT2D eigenvalue weighted by Crippen LogP contribution is 2.46. The minimum absolute atomic E-state index is 0.879. The van der Waals surface area contributed by atoms with E-state index < -0.39 is 7.40 Å². The van der Waals surface area contributed by atoms with Crippen molar-refractivity contribution in [2.75, 3.05) is 14.2 Å². The largest absolute Gasteiger partial charge is 0.867 e. The average Bonchev–Trinajstić information content (AvgIpc) is 3.36. The summed E-state index contributed by atoms with van der Waals surface area (Å²) in [6.07, 6.45) is 4.17. The second-order valence-electron chi connectivity index (χ2n) is 15.0. The summed E-state index contributed by atoms with van der Waals surface area (Å²) in [6, 6.07) is 57.1. The number of hydrogen-bond acceptors (Lipinski definition) is 4. The fraction of sp³-hybridized carbons (Fsp3) is 0.179. The Labute approximate surface area is 387 Å². The van der Waals surface area contributed by atoms with E-state index in [9.17, 15) is 4.32 Å².